The van der Waals surface area contributed by atoms with E-state index in [1.54, 1.807) is 11.3 Å². The smallest absolute Gasteiger partial charge is 0.124 e. The molecule has 0 spiro atoms. The van der Waals surface area contributed by atoms with E-state index in [0.717, 1.165) is 10.5 Å². The first-order chi connectivity index (χ1) is 10.4. The Morgan fingerprint density at radius 2 is 1.29 bits per heavy atom. The topological polar surface area (TPSA) is 12.9 Å². The third kappa shape index (κ3) is 2.24. The van der Waals surface area contributed by atoms with E-state index in [2.05, 4.69) is 66.7 Å². The van der Waals surface area contributed by atoms with Crippen molar-refractivity contribution < 1.29 is 0 Å². The molecule has 1 nitrogen and oxygen atoms in total. The molecule has 0 aliphatic heterocycles. The van der Waals surface area contributed by atoms with Crippen molar-refractivity contribution in [2.45, 2.75) is 0 Å². The molecule has 1 aromatic heterocycles. The van der Waals surface area contributed by atoms with Crippen LogP contribution in [0, 0.1) is 0 Å². The molecule has 0 atom stereocenters. The lowest BCUT2D eigenvalue weighted by Gasteiger charge is -2.01. The number of aromatic nitrogens is 1. The zero-order chi connectivity index (χ0) is 14.1. The van der Waals surface area contributed by atoms with E-state index >= 15 is 0 Å². The van der Waals surface area contributed by atoms with E-state index < -0.39 is 0 Å². The number of fused-ring (bicyclic) bond motifs is 1. The number of nitrogens with zero attached hydrogens (tertiary/aromatic N) is 1. The molecular formula is C19H13NS. The van der Waals surface area contributed by atoms with Crippen molar-refractivity contribution in [2.75, 3.05) is 0 Å². The molecule has 0 unspecified atom stereocenters. The molecular weight excluding hydrogens is 274 g/mol. The van der Waals surface area contributed by atoms with E-state index in [1.807, 2.05) is 12.1 Å². The van der Waals surface area contributed by atoms with Crippen molar-refractivity contribution in [3.8, 4) is 21.7 Å². The second kappa shape index (κ2) is 5.15. The Labute approximate surface area is 127 Å². The van der Waals surface area contributed by atoms with E-state index in [4.69, 9.17) is 4.98 Å². The van der Waals surface area contributed by atoms with Crippen molar-refractivity contribution in [3.05, 3.63) is 78.9 Å². The molecule has 21 heavy (non-hydrogen) atoms. The molecule has 1 heterocycles. The van der Waals surface area contributed by atoms with Crippen LogP contribution in [0.4, 0.5) is 0 Å². The number of hydrogen-bond donors (Lipinski definition) is 0. The van der Waals surface area contributed by atoms with Gasteiger partial charge in [-0.3, -0.25) is 0 Å². The Kier molecular flexibility index (Phi) is 3.02. The van der Waals surface area contributed by atoms with Crippen molar-refractivity contribution in [1.29, 1.82) is 0 Å². The fraction of sp³-hybridized carbons (Fsp3) is 0. The van der Waals surface area contributed by atoms with Gasteiger partial charge in [0.1, 0.15) is 5.01 Å². The molecule has 0 bridgehead atoms. The van der Waals surface area contributed by atoms with Crippen molar-refractivity contribution in [2.24, 2.45) is 0 Å². The average Bonchev–Trinajstić information content (AvgIpc) is 3.00. The molecule has 0 N–H and O–H groups in total. The van der Waals surface area contributed by atoms with Gasteiger partial charge < -0.3 is 0 Å². The van der Waals surface area contributed by atoms with Gasteiger partial charge in [-0.1, -0.05) is 72.8 Å². The van der Waals surface area contributed by atoms with Crippen LogP contribution in [0.25, 0.3) is 31.9 Å². The molecule has 0 aliphatic rings. The van der Waals surface area contributed by atoms with Crippen LogP contribution in [0.1, 0.15) is 0 Å². The van der Waals surface area contributed by atoms with Crippen LogP contribution in [0.3, 0.4) is 0 Å². The van der Waals surface area contributed by atoms with Crippen LogP contribution in [-0.2, 0) is 0 Å². The lowest BCUT2D eigenvalue weighted by molar-refractivity contribution is 1.48. The summed E-state index contributed by atoms with van der Waals surface area (Å²) in [5.74, 6) is 0. The molecule has 2 heteroatoms. The number of benzene rings is 3. The highest BCUT2D eigenvalue weighted by molar-refractivity contribution is 7.22. The molecule has 0 fully saturated rings. The molecule has 100 valence electrons. The van der Waals surface area contributed by atoms with Gasteiger partial charge in [-0.2, -0.15) is 0 Å². The van der Waals surface area contributed by atoms with Crippen LogP contribution in [0.2, 0.25) is 0 Å². The summed E-state index contributed by atoms with van der Waals surface area (Å²) >= 11 is 1.76. The Morgan fingerprint density at radius 1 is 0.619 bits per heavy atom. The van der Waals surface area contributed by atoms with Gasteiger partial charge in [-0.25, -0.2) is 4.98 Å². The largest absolute Gasteiger partial charge is 0.236 e. The Bertz CT molecular complexity index is 879. The quantitative estimate of drug-likeness (QED) is 0.465. The maximum Gasteiger partial charge on any atom is 0.124 e. The fourth-order valence-corrected chi connectivity index (χ4v) is 3.60. The first-order valence-electron chi connectivity index (χ1n) is 6.92. The van der Waals surface area contributed by atoms with Crippen molar-refractivity contribution in [3.63, 3.8) is 0 Å². The first kappa shape index (κ1) is 12.3. The molecule has 4 rings (SSSR count). The summed E-state index contributed by atoms with van der Waals surface area (Å²) in [6.07, 6.45) is 0. The summed E-state index contributed by atoms with van der Waals surface area (Å²) in [6, 6.07) is 27.2. The fourth-order valence-electron chi connectivity index (χ4n) is 2.50. The highest BCUT2D eigenvalue weighted by Crippen LogP contribution is 2.36. The lowest BCUT2D eigenvalue weighted by Crippen LogP contribution is -1.77. The second-order valence-corrected chi connectivity index (χ2v) is 5.90. The van der Waals surface area contributed by atoms with E-state index in [-0.39, 0.29) is 0 Å². The van der Waals surface area contributed by atoms with Gasteiger partial charge in [-0.05, 0) is 11.6 Å². The van der Waals surface area contributed by atoms with E-state index in [9.17, 15) is 0 Å². The minimum Gasteiger partial charge on any atom is -0.236 e. The SMILES string of the molecule is c1ccc(-c2nc3cccc(-c4ccccc4)c3s2)cc1. The van der Waals surface area contributed by atoms with Crippen LogP contribution < -0.4 is 0 Å². The Morgan fingerprint density at radius 3 is 2.00 bits per heavy atom. The molecule has 0 radical (unpaired) electrons. The third-order valence-corrected chi connectivity index (χ3v) is 4.67. The minimum atomic E-state index is 1.07. The summed E-state index contributed by atoms with van der Waals surface area (Å²) in [7, 11) is 0. The maximum absolute atomic E-state index is 4.79. The molecule has 0 saturated carbocycles. The molecule has 4 aromatic rings. The third-order valence-electron chi connectivity index (χ3n) is 3.52. The van der Waals surface area contributed by atoms with Gasteiger partial charge in [0.15, 0.2) is 0 Å². The van der Waals surface area contributed by atoms with Gasteiger partial charge in [0.25, 0.3) is 0 Å². The highest BCUT2D eigenvalue weighted by Gasteiger charge is 2.10. The first-order valence-corrected chi connectivity index (χ1v) is 7.74. The number of hydrogen-bond acceptors (Lipinski definition) is 2. The summed E-state index contributed by atoms with van der Waals surface area (Å²) in [5.41, 5.74) is 4.75. The van der Waals surface area contributed by atoms with Gasteiger partial charge in [0.05, 0.1) is 10.2 Å². The predicted molar refractivity (Wildman–Crippen MR) is 90.5 cm³/mol. The van der Waals surface area contributed by atoms with Gasteiger partial charge >= 0.3 is 0 Å². The van der Waals surface area contributed by atoms with E-state index in [0.29, 0.717) is 0 Å². The van der Waals surface area contributed by atoms with Crippen molar-refractivity contribution >= 4 is 21.6 Å². The summed E-state index contributed by atoms with van der Waals surface area (Å²) in [6.45, 7) is 0. The van der Waals surface area contributed by atoms with Gasteiger partial charge in [0.2, 0.25) is 0 Å². The standard InChI is InChI=1S/C19H13NS/c1-3-8-14(9-4-1)16-12-7-13-17-18(16)21-19(20-17)15-10-5-2-6-11-15/h1-13H. The normalized spacial score (nSPS) is 10.9. The number of rotatable bonds is 2. The monoisotopic (exact) mass is 287 g/mol. The maximum atomic E-state index is 4.79. The second-order valence-electron chi connectivity index (χ2n) is 4.90. The molecule has 0 amide bonds. The zero-order valence-electron chi connectivity index (χ0n) is 11.4. The van der Waals surface area contributed by atoms with Crippen LogP contribution in [-0.4, -0.2) is 4.98 Å². The molecule has 0 saturated heterocycles. The molecule has 0 aliphatic carbocycles. The lowest BCUT2D eigenvalue weighted by atomic mass is 10.1. The summed E-state index contributed by atoms with van der Waals surface area (Å²) < 4.78 is 1.25. The van der Waals surface area contributed by atoms with Crippen LogP contribution in [0.15, 0.2) is 78.9 Å². The molecule has 3 aromatic carbocycles. The Hall–Kier alpha value is -2.45. The minimum absolute atomic E-state index is 1.07. The Balaban J connectivity index is 1.93. The summed E-state index contributed by atoms with van der Waals surface area (Å²) in [4.78, 5) is 4.79. The summed E-state index contributed by atoms with van der Waals surface area (Å²) in [5, 5.41) is 1.08. The number of thiazole rings is 1. The van der Waals surface area contributed by atoms with Crippen LogP contribution >= 0.6 is 11.3 Å². The zero-order valence-corrected chi connectivity index (χ0v) is 12.2. The van der Waals surface area contributed by atoms with Gasteiger partial charge in [-0.15, -0.1) is 11.3 Å². The van der Waals surface area contributed by atoms with Crippen LogP contribution in [0.5, 0.6) is 0 Å². The predicted octanol–water partition coefficient (Wildman–Crippen LogP) is 5.63. The highest BCUT2D eigenvalue weighted by atomic mass is 32.1. The van der Waals surface area contributed by atoms with E-state index in [1.165, 1.54) is 21.4 Å². The van der Waals surface area contributed by atoms with Crippen molar-refractivity contribution in [1.82, 2.24) is 4.98 Å². The average molecular weight is 287 g/mol. The van der Waals surface area contributed by atoms with Gasteiger partial charge in [0, 0.05) is 11.1 Å².